The summed E-state index contributed by atoms with van der Waals surface area (Å²) in [5.41, 5.74) is 1.76. The van der Waals surface area contributed by atoms with Crippen LogP contribution in [0.3, 0.4) is 0 Å². The van der Waals surface area contributed by atoms with E-state index in [0.717, 1.165) is 32.9 Å². The number of carbonyl (C=O) groups is 2. The van der Waals surface area contributed by atoms with Gasteiger partial charge < -0.3 is 18.9 Å². The first-order valence-corrected chi connectivity index (χ1v) is 10.8. The summed E-state index contributed by atoms with van der Waals surface area (Å²) in [6.07, 6.45) is -0.916. The first kappa shape index (κ1) is 22.2. The molecule has 2 atom stereocenters. The first-order valence-electron chi connectivity index (χ1n) is 9.88. The zero-order valence-corrected chi connectivity index (χ0v) is 18.9. The minimum Gasteiger partial charge on any atom is -0.497 e. The maximum Gasteiger partial charge on any atom is 0.303 e. The lowest BCUT2D eigenvalue weighted by Crippen LogP contribution is -2.48. The van der Waals surface area contributed by atoms with Crippen molar-refractivity contribution in [3.05, 3.63) is 54.1 Å². The lowest BCUT2D eigenvalue weighted by atomic mass is 10.1. The molecule has 1 heterocycles. The summed E-state index contributed by atoms with van der Waals surface area (Å²) in [6, 6.07) is 15.4. The van der Waals surface area contributed by atoms with Crippen LogP contribution in [0.2, 0.25) is 0 Å². The van der Waals surface area contributed by atoms with Crippen molar-refractivity contribution in [2.45, 2.75) is 23.2 Å². The molecule has 3 rings (SSSR count). The summed E-state index contributed by atoms with van der Waals surface area (Å²) in [6.45, 7) is 2.65. The average Bonchev–Trinajstić information content (AvgIpc) is 2.81. The summed E-state index contributed by atoms with van der Waals surface area (Å²) in [5, 5.41) is -0.359. The SMILES string of the molecule is COc1ccc([C@@H]2Sc3ccccc3N(CC[N+](C)(C)C)C(=O)[C@@H]2OC(C)=O)cc1. The van der Waals surface area contributed by atoms with Crippen LogP contribution in [-0.4, -0.2) is 63.8 Å². The molecule has 2 aromatic rings. The van der Waals surface area contributed by atoms with Crippen molar-refractivity contribution in [2.24, 2.45) is 0 Å². The molecule has 0 saturated carbocycles. The van der Waals surface area contributed by atoms with Crippen molar-refractivity contribution in [1.82, 2.24) is 0 Å². The van der Waals surface area contributed by atoms with Crippen molar-refractivity contribution in [3.63, 3.8) is 0 Å². The standard InChI is InChI=1S/C23H29N2O4S/c1-16(26)29-21-22(17-10-12-18(28-5)13-11-17)30-20-9-7-6-8-19(20)24(23(21)27)14-15-25(2,3)4/h6-13,21-22H,14-15H2,1-5H3/q+1/t21-,22+/m1/s1. The van der Waals surface area contributed by atoms with Crippen LogP contribution in [0.5, 0.6) is 5.75 Å². The fraction of sp³-hybridized carbons (Fsp3) is 0.391. The maximum absolute atomic E-state index is 13.7. The highest BCUT2D eigenvalue weighted by atomic mass is 32.2. The highest BCUT2D eigenvalue weighted by molar-refractivity contribution is 7.99. The summed E-state index contributed by atoms with van der Waals surface area (Å²) < 4.78 is 11.6. The van der Waals surface area contributed by atoms with Crippen molar-refractivity contribution in [1.29, 1.82) is 0 Å². The highest BCUT2D eigenvalue weighted by Gasteiger charge is 2.41. The van der Waals surface area contributed by atoms with Gasteiger partial charge in [-0.2, -0.15) is 0 Å². The van der Waals surface area contributed by atoms with Gasteiger partial charge in [0.2, 0.25) is 0 Å². The lowest BCUT2D eigenvalue weighted by Gasteiger charge is -2.31. The highest BCUT2D eigenvalue weighted by Crippen LogP contribution is 2.46. The van der Waals surface area contributed by atoms with Gasteiger partial charge in [-0.25, -0.2) is 0 Å². The summed E-state index contributed by atoms with van der Waals surface area (Å²) in [5.74, 6) is 0.0691. The number of methoxy groups -OCH3 is 1. The van der Waals surface area contributed by atoms with E-state index >= 15 is 0 Å². The zero-order chi connectivity index (χ0) is 21.9. The van der Waals surface area contributed by atoms with E-state index in [0.29, 0.717) is 6.54 Å². The molecule has 1 aliphatic rings. The van der Waals surface area contributed by atoms with E-state index in [2.05, 4.69) is 21.1 Å². The number of fused-ring (bicyclic) bond motifs is 1. The number of carbonyl (C=O) groups excluding carboxylic acids is 2. The van der Waals surface area contributed by atoms with Crippen molar-refractivity contribution in [2.75, 3.05) is 46.2 Å². The smallest absolute Gasteiger partial charge is 0.303 e. The fourth-order valence-corrected chi connectivity index (χ4v) is 4.66. The third kappa shape index (κ3) is 5.15. The Hall–Kier alpha value is -2.51. The second-order valence-electron chi connectivity index (χ2n) is 8.31. The second-order valence-corrected chi connectivity index (χ2v) is 9.50. The summed E-state index contributed by atoms with van der Waals surface area (Å²) in [7, 11) is 7.88. The molecule has 0 saturated heterocycles. The summed E-state index contributed by atoms with van der Waals surface area (Å²) in [4.78, 5) is 28.3. The van der Waals surface area contributed by atoms with E-state index in [-0.39, 0.29) is 11.2 Å². The molecule has 0 radical (unpaired) electrons. The molecule has 2 aromatic carbocycles. The Bertz CT molecular complexity index is 908. The number of quaternary nitrogens is 1. The number of rotatable bonds is 6. The third-order valence-electron chi connectivity index (χ3n) is 4.93. The minimum absolute atomic E-state index is 0.197. The van der Waals surface area contributed by atoms with Gasteiger partial charge in [0.25, 0.3) is 5.91 Å². The molecule has 0 aliphatic carbocycles. The van der Waals surface area contributed by atoms with E-state index in [1.807, 2.05) is 48.5 Å². The van der Waals surface area contributed by atoms with E-state index in [1.54, 1.807) is 23.8 Å². The first-order chi connectivity index (χ1) is 14.2. The normalized spacial score (nSPS) is 19.1. The molecule has 1 amide bonds. The van der Waals surface area contributed by atoms with Gasteiger partial charge in [-0.05, 0) is 29.8 Å². The predicted octanol–water partition coefficient (Wildman–Crippen LogP) is 3.51. The van der Waals surface area contributed by atoms with E-state index < -0.39 is 12.1 Å². The molecule has 0 aromatic heterocycles. The molecule has 0 spiro atoms. The molecule has 0 N–H and O–H groups in total. The number of nitrogens with zero attached hydrogens (tertiary/aromatic N) is 2. The van der Waals surface area contributed by atoms with Crippen LogP contribution >= 0.6 is 11.8 Å². The van der Waals surface area contributed by atoms with Gasteiger partial charge in [-0.1, -0.05) is 24.3 Å². The van der Waals surface area contributed by atoms with Gasteiger partial charge in [-0.15, -0.1) is 11.8 Å². The van der Waals surface area contributed by atoms with E-state index in [4.69, 9.17) is 9.47 Å². The van der Waals surface area contributed by atoms with Crippen LogP contribution in [-0.2, 0) is 14.3 Å². The van der Waals surface area contributed by atoms with Crippen molar-refractivity contribution < 1.29 is 23.5 Å². The molecule has 6 nitrogen and oxygen atoms in total. The Balaban J connectivity index is 2.06. The van der Waals surface area contributed by atoms with Crippen LogP contribution in [0.1, 0.15) is 17.7 Å². The van der Waals surface area contributed by atoms with Crippen LogP contribution in [0.25, 0.3) is 0 Å². The van der Waals surface area contributed by atoms with Crippen molar-refractivity contribution in [3.8, 4) is 5.75 Å². The molecule has 0 fully saturated rings. The number of likely N-dealkylation sites (N-methyl/N-ethyl adjacent to an activating group) is 1. The molecule has 0 bridgehead atoms. The Labute approximate surface area is 182 Å². The lowest BCUT2D eigenvalue weighted by molar-refractivity contribution is -0.868. The monoisotopic (exact) mass is 429 g/mol. The molecule has 0 unspecified atom stereocenters. The second kappa shape index (κ2) is 9.10. The molecular formula is C23H29N2O4S+. The number of thioether (sulfide) groups is 1. The number of ether oxygens (including phenoxy) is 2. The average molecular weight is 430 g/mol. The molecule has 7 heteroatoms. The van der Waals surface area contributed by atoms with Gasteiger partial charge >= 0.3 is 5.97 Å². The maximum atomic E-state index is 13.7. The number of amides is 1. The van der Waals surface area contributed by atoms with E-state index in [1.165, 1.54) is 6.92 Å². The van der Waals surface area contributed by atoms with Crippen LogP contribution in [0.15, 0.2) is 53.4 Å². The number of benzene rings is 2. The van der Waals surface area contributed by atoms with Crippen molar-refractivity contribution >= 4 is 29.3 Å². The molecule has 30 heavy (non-hydrogen) atoms. The number of hydrogen-bond acceptors (Lipinski definition) is 5. The minimum atomic E-state index is -0.916. The van der Waals surface area contributed by atoms with Gasteiger partial charge in [-0.3, -0.25) is 9.59 Å². The van der Waals surface area contributed by atoms with Gasteiger partial charge in [0.15, 0.2) is 6.10 Å². The predicted molar refractivity (Wildman–Crippen MR) is 119 cm³/mol. The van der Waals surface area contributed by atoms with Gasteiger partial charge in [0.1, 0.15) is 5.75 Å². The number of para-hydroxylation sites is 1. The van der Waals surface area contributed by atoms with Crippen LogP contribution in [0, 0.1) is 0 Å². The van der Waals surface area contributed by atoms with Gasteiger partial charge in [0, 0.05) is 11.8 Å². The molecule has 1 aliphatic heterocycles. The number of hydrogen-bond donors (Lipinski definition) is 0. The zero-order valence-electron chi connectivity index (χ0n) is 18.1. The van der Waals surface area contributed by atoms with Crippen LogP contribution < -0.4 is 9.64 Å². The Morgan fingerprint density at radius 2 is 1.77 bits per heavy atom. The fourth-order valence-electron chi connectivity index (χ4n) is 3.34. The third-order valence-corrected chi connectivity index (χ3v) is 6.30. The van der Waals surface area contributed by atoms with Gasteiger partial charge in [0.05, 0.1) is 52.3 Å². The Morgan fingerprint density at radius 3 is 2.37 bits per heavy atom. The topological polar surface area (TPSA) is 55.8 Å². The molecule has 160 valence electrons. The largest absolute Gasteiger partial charge is 0.497 e. The number of esters is 1. The number of anilines is 1. The Morgan fingerprint density at radius 1 is 1.10 bits per heavy atom. The van der Waals surface area contributed by atoms with E-state index in [9.17, 15) is 9.59 Å². The summed E-state index contributed by atoms with van der Waals surface area (Å²) >= 11 is 1.55. The Kier molecular flexibility index (Phi) is 6.73. The quantitative estimate of drug-likeness (QED) is 0.520. The van der Waals surface area contributed by atoms with Crippen LogP contribution in [0.4, 0.5) is 5.69 Å². The molecular weight excluding hydrogens is 400 g/mol.